The minimum Gasteiger partial charge on any atom is -0.396 e. The molecule has 0 unspecified atom stereocenters. The molecule has 1 atom stereocenters. The molecule has 1 fully saturated rings. The fraction of sp³-hybridized carbons (Fsp3) is 0.333. The molecule has 1 aliphatic rings. The quantitative estimate of drug-likeness (QED) is 0.885. The lowest BCUT2D eigenvalue weighted by atomic mass is 9.85. The smallest absolute Gasteiger partial charge is 0.0471 e. The van der Waals surface area contributed by atoms with Crippen molar-refractivity contribution in [1.29, 1.82) is 0 Å². The third kappa shape index (κ3) is 1.98. The average Bonchev–Trinajstić information content (AvgIpc) is 3.16. The van der Waals surface area contributed by atoms with E-state index < -0.39 is 0 Å². The van der Waals surface area contributed by atoms with Crippen molar-refractivity contribution in [1.82, 2.24) is 0 Å². The number of aliphatic hydroxyl groups excluding tert-OH is 1. The third-order valence-corrected chi connectivity index (χ3v) is 4.46. The standard InChI is InChI=1S/C18H20O/c1-13-3-7-15(8-4-13)18(11-17(18)12-19)16-9-5-14(2)6-10-16/h3-10,17,19H,11-12H2,1-2H3/t17-/m0/s1. The lowest BCUT2D eigenvalue weighted by molar-refractivity contribution is 0.268. The number of aliphatic hydroxyl groups is 1. The van der Waals surface area contributed by atoms with Crippen LogP contribution in [0.15, 0.2) is 48.5 Å². The van der Waals surface area contributed by atoms with Crippen molar-refractivity contribution in [2.24, 2.45) is 5.92 Å². The van der Waals surface area contributed by atoms with Crippen LogP contribution in [0.5, 0.6) is 0 Å². The van der Waals surface area contributed by atoms with E-state index in [-0.39, 0.29) is 12.0 Å². The first kappa shape index (κ1) is 12.4. The first-order valence-electron chi connectivity index (χ1n) is 6.92. The number of benzene rings is 2. The van der Waals surface area contributed by atoms with Crippen LogP contribution in [0.2, 0.25) is 0 Å². The van der Waals surface area contributed by atoms with Crippen molar-refractivity contribution in [2.75, 3.05) is 6.61 Å². The Morgan fingerprint density at radius 1 is 0.895 bits per heavy atom. The second-order valence-electron chi connectivity index (χ2n) is 5.79. The maximum Gasteiger partial charge on any atom is 0.0471 e. The van der Waals surface area contributed by atoms with E-state index in [1.165, 1.54) is 22.3 Å². The Labute approximate surface area is 114 Å². The lowest BCUT2D eigenvalue weighted by Crippen LogP contribution is -2.14. The Morgan fingerprint density at radius 3 is 1.63 bits per heavy atom. The predicted octanol–water partition coefficient (Wildman–Crippen LogP) is 3.60. The van der Waals surface area contributed by atoms with Crippen LogP contribution >= 0.6 is 0 Å². The molecule has 0 amide bonds. The van der Waals surface area contributed by atoms with Crippen molar-refractivity contribution in [3.63, 3.8) is 0 Å². The molecule has 1 N–H and O–H groups in total. The van der Waals surface area contributed by atoms with E-state index in [4.69, 9.17) is 0 Å². The van der Waals surface area contributed by atoms with Crippen molar-refractivity contribution >= 4 is 0 Å². The summed E-state index contributed by atoms with van der Waals surface area (Å²) in [5.41, 5.74) is 5.27. The van der Waals surface area contributed by atoms with Gasteiger partial charge in [0.2, 0.25) is 0 Å². The molecule has 3 rings (SSSR count). The van der Waals surface area contributed by atoms with Gasteiger partial charge in [-0.1, -0.05) is 59.7 Å². The summed E-state index contributed by atoms with van der Waals surface area (Å²) >= 11 is 0. The zero-order valence-electron chi connectivity index (χ0n) is 11.6. The highest BCUT2D eigenvalue weighted by Crippen LogP contribution is 2.58. The van der Waals surface area contributed by atoms with Gasteiger partial charge in [-0.3, -0.25) is 0 Å². The van der Waals surface area contributed by atoms with Crippen LogP contribution in [0.25, 0.3) is 0 Å². The molecular formula is C18H20O. The highest BCUT2D eigenvalue weighted by atomic mass is 16.3. The minimum absolute atomic E-state index is 0.0378. The summed E-state index contributed by atoms with van der Waals surface area (Å²) < 4.78 is 0. The maximum atomic E-state index is 9.57. The van der Waals surface area contributed by atoms with Crippen molar-refractivity contribution in [3.05, 3.63) is 70.8 Å². The molecule has 2 aromatic rings. The molecule has 1 nitrogen and oxygen atoms in total. The largest absolute Gasteiger partial charge is 0.396 e. The van der Waals surface area contributed by atoms with Crippen LogP contribution in [0.1, 0.15) is 28.7 Å². The Morgan fingerprint density at radius 2 is 1.32 bits per heavy atom. The van der Waals surface area contributed by atoms with Gasteiger partial charge in [0.05, 0.1) is 0 Å². The lowest BCUT2D eigenvalue weighted by Gasteiger charge is -2.19. The van der Waals surface area contributed by atoms with Crippen LogP contribution in [-0.2, 0) is 5.41 Å². The molecule has 19 heavy (non-hydrogen) atoms. The monoisotopic (exact) mass is 252 g/mol. The van der Waals surface area contributed by atoms with Gasteiger partial charge in [0.1, 0.15) is 0 Å². The first-order valence-corrected chi connectivity index (χ1v) is 6.92. The van der Waals surface area contributed by atoms with Gasteiger partial charge in [-0.2, -0.15) is 0 Å². The van der Waals surface area contributed by atoms with E-state index in [2.05, 4.69) is 62.4 Å². The minimum atomic E-state index is 0.0378. The SMILES string of the molecule is Cc1ccc(C2(c3ccc(C)cc3)C[C@H]2CO)cc1. The molecule has 0 saturated heterocycles. The van der Waals surface area contributed by atoms with Crippen LogP contribution in [-0.4, -0.2) is 11.7 Å². The summed E-state index contributed by atoms with van der Waals surface area (Å²) in [7, 11) is 0. The van der Waals surface area contributed by atoms with E-state index in [9.17, 15) is 5.11 Å². The Bertz CT molecular complexity index is 520. The third-order valence-electron chi connectivity index (χ3n) is 4.46. The second kappa shape index (κ2) is 4.50. The molecule has 1 saturated carbocycles. The molecule has 0 radical (unpaired) electrons. The Hall–Kier alpha value is -1.60. The van der Waals surface area contributed by atoms with E-state index in [0.29, 0.717) is 5.92 Å². The molecule has 0 bridgehead atoms. The molecule has 0 heterocycles. The number of rotatable bonds is 3. The number of hydrogen-bond acceptors (Lipinski definition) is 1. The highest BCUT2D eigenvalue weighted by molar-refractivity contribution is 5.48. The van der Waals surface area contributed by atoms with E-state index in [1.54, 1.807) is 0 Å². The van der Waals surface area contributed by atoms with Crippen LogP contribution in [0.3, 0.4) is 0 Å². The summed E-state index contributed by atoms with van der Waals surface area (Å²) in [4.78, 5) is 0. The molecule has 2 aromatic carbocycles. The van der Waals surface area contributed by atoms with Crippen molar-refractivity contribution in [3.8, 4) is 0 Å². The van der Waals surface area contributed by atoms with Crippen LogP contribution in [0, 0.1) is 19.8 Å². The van der Waals surface area contributed by atoms with Gasteiger partial charge in [0.15, 0.2) is 0 Å². The zero-order valence-corrected chi connectivity index (χ0v) is 11.6. The predicted molar refractivity (Wildman–Crippen MR) is 78.3 cm³/mol. The maximum absolute atomic E-state index is 9.57. The molecule has 98 valence electrons. The van der Waals surface area contributed by atoms with Crippen molar-refractivity contribution < 1.29 is 5.11 Å². The summed E-state index contributed by atoms with van der Waals surface area (Å²) in [5, 5.41) is 9.57. The summed E-state index contributed by atoms with van der Waals surface area (Å²) in [5.74, 6) is 0.359. The van der Waals surface area contributed by atoms with Crippen molar-refractivity contribution in [2.45, 2.75) is 25.7 Å². The molecule has 0 aliphatic heterocycles. The first-order chi connectivity index (χ1) is 9.16. The molecular weight excluding hydrogens is 232 g/mol. The highest BCUT2D eigenvalue weighted by Gasteiger charge is 2.55. The average molecular weight is 252 g/mol. The number of aryl methyl sites for hydroxylation is 2. The number of hydrogen-bond donors (Lipinski definition) is 1. The van der Waals surface area contributed by atoms with Crippen LogP contribution < -0.4 is 0 Å². The van der Waals surface area contributed by atoms with E-state index in [0.717, 1.165) is 6.42 Å². The summed E-state index contributed by atoms with van der Waals surface area (Å²) in [6.07, 6.45) is 1.05. The van der Waals surface area contributed by atoms with Gasteiger partial charge in [-0.05, 0) is 37.3 Å². The summed E-state index contributed by atoms with van der Waals surface area (Å²) in [6, 6.07) is 17.5. The van der Waals surface area contributed by atoms with Gasteiger partial charge in [-0.15, -0.1) is 0 Å². The van der Waals surface area contributed by atoms with Gasteiger partial charge in [-0.25, -0.2) is 0 Å². The van der Waals surface area contributed by atoms with E-state index >= 15 is 0 Å². The summed E-state index contributed by atoms with van der Waals surface area (Å²) in [6.45, 7) is 4.49. The van der Waals surface area contributed by atoms with Gasteiger partial charge in [0, 0.05) is 12.0 Å². The molecule has 0 aromatic heterocycles. The van der Waals surface area contributed by atoms with Gasteiger partial charge < -0.3 is 5.11 Å². The Kier molecular flexibility index (Phi) is 2.94. The molecule has 1 heteroatoms. The molecule has 1 aliphatic carbocycles. The van der Waals surface area contributed by atoms with E-state index in [1.807, 2.05) is 0 Å². The Balaban J connectivity index is 2.05. The fourth-order valence-corrected chi connectivity index (χ4v) is 3.13. The molecule has 0 spiro atoms. The topological polar surface area (TPSA) is 20.2 Å². The van der Waals surface area contributed by atoms with Gasteiger partial charge in [0.25, 0.3) is 0 Å². The van der Waals surface area contributed by atoms with Crippen LogP contribution in [0.4, 0.5) is 0 Å². The normalized spacial score (nSPS) is 20.3. The fourth-order valence-electron chi connectivity index (χ4n) is 3.13. The van der Waals surface area contributed by atoms with Gasteiger partial charge >= 0.3 is 0 Å². The second-order valence-corrected chi connectivity index (χ2v) is 5.79. The zero-order chi connectivity index (χ0) is 13.5.